The highest BCUT2D eigenvalue weighted by Crippen LogP contribution is 2.44. The van der Waals surface area contributed by atoms with Crippen LogP contribution in [0.5, 0.6) is 0 Å². The largest absolute Gasteiger partial charge is 0.478 e. The van der Waals surface area contributed by atoms with Gasteiger partial charge in [0.1, 0.15) is 0 Å². The van der Waals surface area contributed by atoms with E-state index in [1.165, 1.54) is 12.8 Å². The molecule has 1 aromatic rings. The van der Waals surface area contributed by atoms with Gasteiger partial charge in [-0.05, 0) is 30.4 Å². The number of carboxylic acid groups (broad SMARTS) is 1. The van der Waals surface area contributed by atoms with Crippen LogP contribution in [0.1, 0.15) is 30.1 Å². The highest BCUT2D eigenvalue weighted by Gasteiger charge is 2.36. The Morgan fingerprint density at radius 3 is 2.73 bits per heavy atom. The number of carbonyl (C=O) groups is 1. The molecule has 0 unspecified atom stereocenters. The molecule has 0 saturated heterocycles. The molecule has 0 radical (unpaired) electrons. The molecule has 0 aliphatic heterocycles. The molecule has 0 atom stereocenters. The first-order valence-corrected chi connectivity index (χ1v) is 5.17. The number of anilines is 1. The SMILES string of the molecule is CC1(CNc2ccccc2C(=O)O)CC1. The molecule has 80 valence electrons. The molecule has 1 aromatic carbocycles. The van der Waals surface area contributed by atoms with Crippen molar-refractivity contribution in [2.75, 3.05) is 11.9 Å². The number of carboxylic acids is 1. The van der Waals surface area contributed by atoms with Crippen molar-refractivity contribution in [1.82, 2.24) is 0 Å². The highest BCUT2D eigenvalue weighted by molar-refractivity contribution is 5.94. The monoisotopic (exact) mass is 205 g/mol. The first-order chi connectivity index (χ1) is 7.11. The Hall–Kier alpha value is -1.51. The second-order valence-electron chi connectivity index (χ2n) is 4.51. The van der Waals surface area contributed by atoms with Crippen LogP contribution in [0.4, 0.5) is 5.69 Å². The summed E-state index contributed by atoms with van der Waals surface area (Å²) < 4.78 is 0. The zero-order valence-electron chi connectivity index (χ0n) is 8.79. The first kappa shape index (κ1) is 10.0. The maximum atomic E-state index is 10.9. The number of rotatable bonds is 4. The normalized spacial score (nSPS) is 17.1. The fraction of sp³-hybridized carbons (Fsp3) is 0.417. The zero-order chi connectivity index (χ0) is 10.9. The lowest BCUT2D eigenvalue weighted by molar-refractivity contribution is 0.0698. The lowest BCUT2D eigenvalue weighted by Gasteiger charge is -2.13. The summed E-state index contributed by atoms with van der Waals surface area (Å²) in [7, 11) is 0. The topological polar surface area (TPSA) is 49.3 Å². The Balaban J connectivity index is 2.09. The summed E-state index contributed by atoms with van der Waals surface area (Å²) >= 11 is 0. The summed E-state index contributed by atoms with van der Waals surface area (Å²) in [6.07, 6.45) is 2.46. The molecule has 3 nitrogen and oxygen atoms in total. The van der Waals surface area contributed by atoms with Crippen LogP contribution in [0.2, 0.25) is 0 Å². The fourth-order valence-corrected chi connectivity index (χ4v) is 1.52. The van der Waals surface area contributed by atoms with E-state index >= 15 is 0 Å². The Labute approximate surface area is 89.1 Å². The summed E-state index contributed by atoms with van der Waals surface area (Å²) in [5.41, 5.74) is 1.45. The predicted octanol–water partition coefficient (Wildman–Crippen LogP) is 2.60. The molecule has 2 N–H and O–H groups in total. The van der Waals surface area contributed by atoms with Gasteiger partial charge in [-0.1, -0.05) is 19.1 Å². The van der Waals surface area contributed by atoms with Gasteiger partial charge >= 0.3 is 5.97 Å². The van der Waals surface area contributed by atoms with E-state index in [1.807, 2.05) is 12.1 Å². The van der Waals surface area contributed by atoms with Gasteiger partial charge in [0.2, 0.25) is 0 Å². The van der Waals surface area contributed by atoms with Gasteiger partial charge in [-0.3, -0.25) is 0 Å². The van der Waals surface area contributed by atoms with Crippen LogP contribution in [-0.4, -0.2) is 17.6 Å². The third-order valence-corrected chi connectivity index (χ3v) is 2.97. The van der Waals surface area contributed by atoms with Crippen molar-refractivity contribution < 1.29 is 9.90 Å². The molecular weight excluding hydrogens is 190 g/mol. The van der Waals surface area contributed by atoms with Gasteiger partial charge in [0.05, 0.1) is 5.56 Å². The van der Waals surface area contributed by atoms with E-state index in [0.717, 1.165) is 12.2 Å². The van der Waals surface area contributed by atoms with Crippen LogP contribution in [0.25, 0.3) is 0 Å². The molecule has 0 aromatic heterocycles. The minimum Gasteiger partial charge on any atom is -0.478 e. The molecule has 2 rings (SSSR count). The molecular formula is C12H15NO2. The average Bonchev–Trinajstić information content (AvgIpc) is 2.95. The maximum absolute atomic E-state index is 10.9. The van der Waals surface area contributed by atoms with Gasteiger partial charge in [0.25, 0.3) is 0 Å². The Morgan fingerprint density at radius 2 is 2.13 bits per heavy atom. The van der Waals surface area contributed by atoms with Crippen LogP contribution in [0, 0.1) is 5.41 Å². The van der Waals surface area contributed by atoms with Gasteiger partial charge in [-0.2, -0.15) is 0 Å². The van der Waals surface area contributed by atoms with Crippen molar-refractivity contribution in [3.8, 4) is 0 Å². The lowest BCUT2D eigenvalue weighted by atomic mass is 10.1. The quantitative estimate of drug-likeness (QED) is 0.794. The highest BCUT2D eigenvalue weighted by atomic mass is 16.4. The number of aromatic carboxylic acids is 1. The van der Waals surface area contributed by atoms with Crippen molar-refractivity contribution in [2.24, 2.45) is 5.41 Å². The number of hydrogen-bond acceptors (Lipinski definition) is 2. The van der Waals surface area contributed by atoms with E-state index in [4.69, 9.17) is 5.11 Å². The van der Waals surface area contributed by atoms with E-state index < -0.39 is 5.97 Å². The minimum atomic E-state index is -0.876. The first-order valence-electron chi connectivity index (χ1n) is 5.17. The Kier molecular flexibility index (Phi) is 2.39. The fourth-order valence-electron chi connectivity index (χ4n) is 1.52. The van der Waals surface area contributed by atoms with Gasteiger partial charge < -0.3 is 10.4 Å². The molecule has 0 bridgehead atoms. The minimum absolute atomic E-state index is 0.349. The van der Waals surface area contributed by atoms with Gasteiger partial charge in [-0.15, -0.1) is 0 Å². The van der Waals surface area contributed by atoms with Crippen LogP contribution in [0.3, 0.4) is 0 Å². The van der Waals surface area contributed by atoms with E-state index in [0.29, 0.717) is 11.0 Å². The average molecular weight is 205 g/mol. The van der Waals surface area contributed by atoms with E-state index in [2.05, 4.69) is 12.2 Å². The van der Waals surface area contributed by atoms with Crippen LogP contribution >= 0.6 is 0 Å². The molecule has 1 aliphatic rings. The van der Waals surface area contributed by atoms with Gasteiger partial charge in [0, 0.05) is 12.2 Å². The van der Waals surface area contributed by atoms with E-state index in [1.54, 1.807) is 12.1 Å². The zero-order valence-corrected chi connectivity index (χ0v) is 8.79. The molecule has 1 aliphatic carbocycles. The number of nitrogens with one attached hydrogen (secondary N) is 1. The summed E-state index contributed by atoms with van der Waals surface area (Å²) in [5.74, 6) is -0.876. The van der Waals surface area contributed by atoms with Crippen molar-refractivity contribution in [3.05, 3.63) is 29.8 Å². The smallest absolute Gasteiger partial charge is 0.337 e. The van der Waals surface area contributed by atoms with Crippen LogP contribution in [-0.2, 0) is 0 Å². The summed E-state index contributed by atoms with van der Waals surface area (Å²) in [6, 6.07) is 7.03. The summed E-state index contributed by atoms with van der Waals surface area (Å²) in [5, 5.41) is 12.2. The molecule has 1 fully saturated rings. The molecule has 0 heterocycles. The number of hydrogen-bond donors (Lipinski definition) is 2. The summed E-state index contributed by atoms with van der Waals surface area (Å²) in [4.78, 5) is 10.9. The molecule has 0 spiro atoms. The Morgan fingerprint density at radius 1 is 1.47 bits per heavy atom. The van der Waals surface area contributed by atoms with Crippen molar-refractivity contribution in [1.29, 1.82) is 0 Å². The third kappa shape index (κ3) is 2.29. The van der Waals surface area contributed by atoms with Crippen LogP contribution < -0.4 is 5.32 Å². The third-order valence-electron chi connectivity index (χ3n) is 2.97. The van der Waals surface area contributed by atoms with Gasteiger partial charge in [-0.25, -0.2) is 4.79 Å². The standard InChI is InChI=1S/C12H15NO2/c1-12(6-7-12)8-13-10-5-3-2-4-9(10)11(14)15/h2-5,13H,6-8H2,1H3,(H,14,15). The molecule has 3 heteroatoms. The second kappa shape index (κ2) is 3.57. The van der Waals surface area contributed by atoms with Crippen molar-refractivity contribution in [2.45, 2.75) is 19.8 Å². The maximum Gasteiger partial charge on any atom is 0.337 e. The van der Waals surface area contributed by atoms with E-state index in [-0.39, 0.29) is 0 Å². The van der Waals surface area contributed by atoms with Crippen molar-refractivity contribution >= 4 is 11.7 Å². The number of para-hydroxylation sites is 1. The summed E-state index contributed by atoms with van der Waals surface area (Å²) in [6.45, 7) is 3.07. The molecule has 1 saturated carbocycles. The lowest BCUT2D eigenvalue weighted by Crippen LogP contribution is -2.14. The van der Waals surface area contributed by atoms with Crippen LogP contribution in [0.15, 0.2) is 24.3 Å². The van der Waals surface area contributed by atoms with Crippen molar-refractivity contribution in [3.63, 3.8) is 0 Å². The Bertz CT molecular complexity index is 383. The van der Waals surface area contributed by atoms with E-state index in [9.17, 15) is 4.79 Å². The van der Waals surface area contributed by atoms with Gasteiger partial charge in [0.15, 0.2) is 0 Å². The predicted molar refractivity (Wildman–Crippen MR) is 59.2 cm³/mol. The second-order valence-corrected chi connectivity index (χ2v) is 4.51. The molecule has 15 heavy (non-hydrogen) atoms. The molecule has 0 amide bonds. The number of benzene rings is 1.